The van der Waals surface area contributed by atoms with Crippen LogP contribution in [0.25, 0.3) is 11.3 Å². The van der Waals surface area contributed by atoms with E-state index < -0.39 is 12.2 Å². The second-order valence-corrected chi connectivity index (χ2v) is 7.04. The van der Waals surface area contributed by atoms with E-state index in [0.717, 1.165) is 11.1 Å². The lowest BCUT2D eigenvalue weighted by molar-refractivity contribution is 0.281. The second-order valence-electron chi connectivity index (χ2n) is 7.04. The molecule has 0 radical (unpaired) electrons. The van der Waals surface area contributed by atoms with Gasteiger partial charge in [-0.3, -0.25) is 19.2 Å². The fraction of sp³-hybridized carbons (Fsp3) is 0.286. The van der Waals surface area contributed by atoms with E-state index in [-0.39, 0.29) is 5.56 Å². The quantitative estimate of drug-likeness (QED) is 0.738. The van der Waals surface area contributed by atoms with Crippen LogP contribution in [0.2, 0.25) is 0 Å². The molecule has 28 heavy (non-hydrogen) atoms. The van der Waals surface area contributed by atoms with Gasteiger partial charge in [0.2, 0.25) is 5.95 Å². The van der Waals surface area contributed by atoms with Gasteiger partial charge in [0.05, 0.1) is 11.7 Å². The summed E-state index contributed by atoms with van der Waals surface area (Å²) in [6, 6.07) is 14.7. The van der Waals surface area contributed by atoms with Crippen LogP contribution in [0, 0.1) is 0 Å². The molecule has 3 heterocycles. The van der Waals surface area contributed by atoms with Gasteiger partial charge >= 0.3 is 0 Å². The highest BCUT2D eigenvalue weighted by Gasteiger charge is 2.33. The van der Waals surface area contributed by atoms with Gasteiger partial charge in [-0.05, 0) is 17.7 Å². The molecule has 1 aliphatic heterocycles. The monoisotopic (exact) mass is 379 g/mol. The van der Waals surface area contributed by atoms with Crippen molar-refractivity contribution in [1.29, 1.82) is 0 Å². The zero-order valence-electron chi connectivity index (χ0n) is 15.6. The topological polar surface area (TPSA) is 63.1 Å². The summed E-state index contributed by atoms with van der Waals surface area (Å²) in [6.45, 7) is 1.60. The van der Waals surface area contributed by atoms with Gasteiger partial charge in [-0.15, -0.1) is 0 Å². The number of nitrogens with zero attached hydrogens (tertiary/aromatic N) is 4. The standard InChI is InChI=1S/C21H22FN5O/c1-26-20(28)11-18(16-7-9-23-10-8-16)24-21(26)25-19-14-27(13-17(19)22)12-15-5-3-2-4-6-15/h2-11,17,19H,12-14H2,1H3,(H,24,25)/t17-,19-/m1/s1. The molecule has 7 heteroatoms. The van der Waals surface area contributed by atoms with Crippen molar-refractivity contribution in [1.82, 2.24) is 19.4 Å². The maximum Gasteiger partial charge on any atom is 0.255 e. The zero-order chi connectivity index (χ0) is 19.5. The average Bonchev–Trinajstić information content (AvgIpc) is 3.05. The molecule has 0 aliphatic carbocycles. The minimum atomic E-state index is -1.04. The summed E-state index contributed by atoms with van der Waals surface area (Å²) in [5.41, 5.74) is 2.30. The summed E-state index contributed by atoms with van der Waals surface area (Å²) < 4.78 is 16.1. The van der Waals surface area contributed by atoms with Crippen LogP contribution in [0.1, 0.15) is 5.56 Å². The van der Waals surface area contributed by atoms with E-state index in [1.165, 1.54) is 10.6 Å². The number of likely N-dealkylation sites (tertiary alicyclic amines) is 1. The third-order valence-electron chi connectivity index (χ3n) is 5.00. The summed E-state index contributed by atoms with van der Waals surface area (Å²) in [7, 11) is 1.64. The maximum atomic E-state index is 14.7. The zero-order valence-corrected chi connectivity index (χ0v) is 15.6. The third-order valence-corrected chi connectivity index (χ3v) is 5.00. The molecule has 3 aromatic rings. The molecule has 1 aromatic carbocycles. The van der Waals surface area contributed by atoms with Crippen LogP contribution in [-0.4, -0.2) is 44.7 Å². The Labute approximate surface area is 162 Å². The average molecular weight is 379 g/mol. The van der Waals surface area contributed by atoms with Crippen molar-refractivity contribution in [3.05, 3.63) is 76.8 Å². The van der Waals surface area contributed by atoms with E-state index in [1.54, 1.807) is 31.6 Å². The fourth-order valence-electron chi connectivity index (χ4n) is 3.45. The predicted octanol–water partition coefficient (Wildman–Crippen LogP) is 2.48. The van der Waals surface area contributed by atoms with Gasteiger partial charge in [0.1, 0.15) is 6.17 Å². The minimum Gasteiger partial charge on any atom is -0.349 e. The smallest absolute Gasteiger partial charge is 0.255 e. The number of alkyl halides is 1. The number of benzene rings is 1. The van der Waals surface area contributed by atoms with E-state index in [2.05, 4.69) is 20.2 Å². The largest absolute Gasteiger partial charge is 0.349 e. The molecule has 144 valence electrons. The third kappa shape index (κ3) is 3.94. The van der Waals surface area contributed by atoms with Crippen molar-refractivity contribution in [2.75, 3.05) is 18.4 Å². The van der Waals surface area contributed by atoms with Crippen molar-refractivity contribution >= 4 is 5.95 Å². The molecular formula is C21H22FN5O. The second kappa shape index (κ2) is 7.90. The molecular weight excluding hydrogens is 357 g/mol. The summed E-state index contributed by atoms with van der Waals surface area (Å²) in [4.78, 5) is 23.0. The molecule has 6 nitrogen and oxygen atoms in total. The number of anilines is 1. The molecule has 0 bridgehead atoms. The molecule has 0 spiro atoms. The fourth-order valence-corrected chi connectivity index (χ4v) is 3.45. The Morgan fingerprint density at radius 3 is 2.64 bits per heavy atom. The van der Waals surface area contributed by atoms with Gasteiger partial charge < -0.3 is 5.32 Å². The van der Waals surface area contributed by atoms with Gasteiger partial charge in [-0.2, -0.15) is 0 Å². The first kappa shape index (κ1) is 18.3. The van der Waals surface area contributed by atoms with Crippen molar-refractivity contribution in [3.63, 3.8) is 0 Å². The molecule has 2 atom stereocenters. The highest BCUT2D eigenvalue weighted by molar-refractivity contribution is 5.59. The number of pyridine rings is 1. The van der Waals surface area contributed by atoms with E-state index >= 15 is 0 Å². The number of halogens is 1. The van der Waals surface area contributed by atoms with Crippen LogP contribution in [0.15, 0.2) is 65.7 Å². The van der Waals surface area contributed by atoms with Crippen LogP contribution in [0.4, 0.5) is 10.3 Å². The normalized spacial score (nSPS) is 19.6. The first-order valence-electron chi connectivity index (χ1n) is 9.25. The first-order chi connectivity index (χ1) is 13.6. The molecule has 0 unspecified atom stereocenters. The van der Waals surface area contributed by atoms with Gasteiger partial charge in [0, 0.05) is 50.7 Å². The van der Waals surface area contributed by atoms with E-state index in [1.807, 2.05) is 30.3 Å². The Morgan fingerprint density at radius 2 is 1.89 bits per heavy atom. The van der Waals surface area contributed by atoms with Crippen molar-refractivity contribution in [3.8, 4) is 11.3 Å². The predicted molar refractivity (Wildman–Crippen MR) is 107 cm³/mol. The van der Waals surface area contributed by atoms with Crippen molar-refractivity contribution in [2.45, 2.75) is 18.8 Å². The van der Waals surface area contributed by atoms with Gasteiger partial charge in [0.25, 0.3) is 5.56 Å². The number of hydrogen-bond donors (Lipinski definition) is 1. The summed E-state index contributed by atoms with van der Waals surface area (Å²) in [6.07, 6.45) is 2.26. The molecule has 1 aliphatic rings. The Kier molecular flexibility index (Phi) is 5.16. The molecule has 0 saturated carbocycles. The lowest BCUT2D eigenvalue weighted by atomic mass is 10.2. The SMILES string of the molecule is Cn1c(N[C@@H]2CN(Cc3ccccc3)C[C@H]2F)nc(-c2ccncc2)cc1=O. The summed E-state index contributed by atoms with van der Waals surface area (Å²) in [5.74, 6) is 0.369. The highest BCUT2D eigenvalue weighted by Crippen LogP contribution is 2.21. The Bertz CT molecular complexity index is 993. The minimum absolute atomic E-state index is 0.196. The number of nitrogens with one attached hydrogen (secondary N) is 1. The highest BCUT2D eigenvalue weighted by atomic mass is 19.1. The molecule has 2 aromatic heterocycles. The van der Waals surface area contributed by atoms with Crippen LogP contribution in [0.5, 0.6) is 0 Å². The van der Waals surface area contributed by atoms with Crippen molar-refractivity contribution in [2.24, 2.45) is 7.05 Å². The number of rotatable bonds is 5. The van der Waals surface area contributed by atoms with Gasteiger partial charge in [0.15, 0.2) is 0 Å². The number of aromatic nitrogens is 3. The van der Waals surface area contributed by atoms with Crippen LogP contribution >= 0.6 is 0 Å². The van der Waals surface area contributed by atoms with Crippen LogP contribution < -0.4 is 10.9 Å². The van der Waals surface area contributed by atoms with Crippen LogP contribution in [-0.2, 0) is 13.6 Å². The summed E-state index contributed by atoms with van der Waals surface area (Å²) in [5, 5.41) is 3.15. The van der Waals surface area contributed by atoms with E-state index in [9.17, 15) is 9.18 Å². The first-order valence-corrected chi connectivity index (χ1v) is 9.25. The lowest BCUT2D eigenvalue weighted by Crippen LogP contribution is -2.33. The number of hydrogen-bond acceptors (Lipinski definition) is 5. The molecule has 0 amide bonds. The molecule has 1 fully saturated rings. The maximum absolute atomic E-state index is 14.7. The van der Waals surface area contributed by atoms with Crippen LogP contribution in [0.3, 0.4) is 0 Å². The lowest BCUT2D eigenvalue weighted by Gasteiger charge is -2.19. The van der Waals surface area contributed by atoms with Gasteiger partial charge in [-0.1, -0.05) is 30.3 Å². The van der Waals surface area contributed by atoms with E-state index in [0.29, 0.717) is 31.3 Å². The van der Waals surface area contributed by atoms with Crippen molar-refractivity contribution < 1.29 is 4.39 Å². The molecule has 1 saturated heterocycles. The summed E-state index contributed by atoms with van der Waals surface area (Å²) >= 11 is 0. The van der Waals surface area contributed by atoms with E-state index in [4.69, 9.17) is 0 Å². The molecule has 4 rings (SSSR count). The van der Waals surface area contributed by atoms with Gasteiger partial charge in [-0.25, -0.2) is 9.37 Å². The Balaban J connectivity index is 1.52. The Morgan fingerprint density at radius 1 is 1.14 bits per heavy atom. The Hall–Kier alpha value is -3.06. The molecule has 1 N–H and O–H groups in total.